The minimum atomic E-state index is 0.886. The molecule has 1 N–H and O–H groups in total. The lowest BCUT2D eigenvalue weighted by atomic mass is 10.2. The van der Waals surface area contributed by atoms with Gasteiger partial charge in [0.2, 0.25) is 0 Å². The molecular weight excluding hydrogens is 258 g/mol. The van der Waals surface area contributed by atoms with E-state index in [1.54, 1.807) is 0 Å². The lowest BCUT2D eigenvalue weighted by molar-refractivity contribution is 0.675. The number of nitrogens with zero attached hydrogens (tertiary/aromatic N) is 2. The summed E-state index contributed by atoms with van der Waals surface area (Å²) < 4.78 is 2.33. The van der Waals surface area contributed by atoms with Crippen molar-refractivity contribution in [3.05, 3.63) is 66.1 Å². The summed E-state index contributed by atoms with van der Waals surface area (Å²) in [6, 6.07) is 12.8. The molecule has 1 aromatic carbocycles. The van der Waals surface area contributed by atoms with Gasteiger partial charge in [0, 0.05) is 42.6 Å². The summed E-state index contributed by atoms with van der Waals surface area (Å²) in [6.45, 7) is 5.07. The van der Waals surface area contributed by atoms with Crippen LogP contribution >= 0.6 is 0 Å². The average Bonchev–Trinajstić information content (AvgIpc) is 2.87. The van der Waals surface area contributed by atoms with E-state index in [9.17, 15) is 0 Å². The zero-order valence-corrected chi connectivity index (χ0v) is 12.4. The highest BCUT2D eigenvalue weighted by atomic mass is 15.0. The first-order chi connectivity index (χ1) is 10.4. The molecule has 0 unspecified atom stereocenters. The highest BCUT2D eigenvalue weighted by Gasteiger charge is 2.07. The van der Waals surface area contributed by atoms with Crippen LogP contribution in [0.5, 0.6) is 0 Å². The molecule has 0 saturated carbocycles. The van der Waals surface area contributed by atoms with Crippen molar-refractivity contribution in [1.29, 1.82) is 0 Å². The summed E-state index contributed by atoms with van der Waals surface area (Å²) in [7, 11) is 0. The topological polar surface area (TPSA) is 29.9 Å². The van der Waals surface area contributed by atoms with Gasteiger partial charge in [-0.2, -0.15) is 0 Å². The van der Waals surface area contributed by atoms with Crippen LogP contribution in [-0.2, 0) is 13.1 Å². The van der Waals surface area contributed by atoms with Gasteiger partial charge < -0.3 is 9.88 Å². The van der Waals surface area contributed by atoms with Crippen LogP contribution in [0.1, 0.15) is 24.5 Å². The summed E-state index contributed by atoms with van der Waals surface area (Å²) >= 11 is 0. The van der Waals surface area contributed by atoms with E-state index >= 15 is 0 Å². The summed E-state index contributed by atoms with van der Waals surface area (Å²) in [5, 5.41) is 4.84. The fraction of sp³-hybridized carbons (Fsp3) is 0.278. The number of nitrogens with one attached hydrogen (secondary N) is 1. The molecule has 3 nitrogen and oxygen atoms in total. The largest absolute Gasteiger partial charge is 0.343 e. The Hall–Kier alpha value is -2.13. The third kappa shape index (κ3) is 3.14. The van der Waals surface area contributed by atoms with E-state index in [4.69, 9.17) is 0 Å². The smallest absolute Gasteiger partial charge is 0.0486 e. The lowest BCUT2D eigenvalue weighted by Gasteiger charge is -2.04. The Labute approximate surface area is 125 Å². The Morgan fingerprint density at radius 1 is 1.10 bits per heavy atom. The zero-order valence-electron chi connectivity index (χ0n) is 12.4. The molecule has 21 heavy (non-hydrogen) atoms. The Morgan fingerprint density at radius 2 is 1.90 bits per heavy atom. The fourth-order valence-electron chi connectivity index (χ4n) is 2.68. The average molecular weight is 279 g/mol. The van der Waals surface area contributed by atoms with Crippen LogP contribution in [0.3, 0.4) is 0 Å². The first-order valence-corrected chi connectivity index (χ1v) is 7.55. The van der Waals surface area contributed by atoms with Gasteiger partial charge in [-0.05, 0) is 42.3 Å². The van der Waals surface area contributed by atoms with E-state index in [0.29, 0.717) is 0 Å². The van der Waals surface area contributed by atoms with Crippen LogP contribution in [0, 0.1) is 0 Å². The van der Waals surface area contributed by atoms with Gasteiger partial charge in [0.05, 0.1) is 0 Å². The van der Waals surface area contributed by atoms with Gasteiger partial charge >= 0.3 is 0 Å². The molecule has 3 aromatic rings. The van der Waals surface area contributed by atoms with Crippen LogP contribution in [0.4, 0.5) is 0 Å². The highest BCUT2D eigenvalue weighted by molar-refractivity contribution is 5.84. The van der Waals surface area contributed by atoms with E-state index in [-0.39, 0.29) is 0 Å². The number of fused-ring (bicyclic) bond motifs is 1. The summed E-state index contributed by atoms with van der Waals surface area (Å²) in [5.41, 5.74) is 3.94. The minimum Gasteiger partial charge on any atom is -0.343 e. The molecule has 0 aliphatic rings. The lowest BCUT2D eigenvalue weighted by Crippen LogP contribution is -2.13. The predicted molar refractivity (Wildman–Crippen MR) is 87.3 cm³/mol. The van der Waals surface area contributed by atoms with Gasteiger partial charge in [-0.15, -0.1) is 0 Å². The molecule has 0 bridgehead atoms. The van der Waals surface area contributed by atoms with Crippen molar-refractivity contribution in [2.45, 2.75) is 26.4 Å². The zero-order chi connectivity index (χ0) is 14.5. The number of para-hydroxylation sites is 1. The third-order valence-corrected chi connectivity index (χ3v) is 3.72. The van der Waals surface area contributed by atoms with Crippen molar-refractivity contribution >= 4 is 10.9 Å². The van der Waals surface area contributed by atoms with Crippen molar-refractivity contribution in [3.63, 3.8) is 0 Å². The van der Waals surface area contributed by atoms with E-state index in [1.165, 1.54) is 22.0 Å². The van der Waals surface area contributed by atoms with Crippen LogP contribution in [0.15, 0.2) is 55.0 Å². The molecule has 0 amide bonds. The second-order valence-electron chi connectivity index (χ2n) is 5.33. The first kappa shape index (κ1) is 13.8. The molecule has 0 radical (unpaired) electrons. The van der Waals surface area contributed by atoms with Crippen LogP contribution < -0.4 is 5.32 Å². The SMILES string of the molecule is CCCNCc1cn(Cc2ccncc2)c2ccccc12. The summed E-state index contributed by atoms with van der Waals surface area (Å²) in [5.74, 6) is 0. The van der Waals surface area contributed by atoms with Crippen molar-refractivity contribution in [1.82, 2.24) is 14.9 Å². The molecule has 3 rings (SSSR count). The van der Waals surface area contributed by atoms with E-state index in [0.717, 1.165) is 26.1 Å². The molecule has 0 atom stereocenters. The second-order valence-corrected chi connectivity index (χ2v) is 5.33. The molecule has 2 heterocycles. The first-order valence-electron chi connectivity index (χ1n) is 7.55. The van der Waals surface area contributed by atoms with Crippen LogP contribution in [0.2, 0.25) is 0 Å². The van der Waals surface area contributed by atoms with E-state index < -0.39 is 0 Å². The van der Waals surface area contributed by atoms with Gasteiger partial charge in [-0.3, -0.25) is 4.98 Å². The molecule has 3 heteroatoms. The number of aromatic nitrogens is 2. The predicted octanol–water partition coefficient (Wildman–Crippen LogP) is 3.58. The quantitative estimate of drug-likeness (QED) is 0.699. The molecule has 2 aromatic heterocycles. The molecule has 108 valence electrons. The van der Waals surface area contributed by atoms with Crippen LogP contribution in [0.25, 0.3) is 10.9 Å². The van der Waals surface area contributed by atoms with Gasteiger partial charge in [0.1, 0.15) is 0 Å². The molecule has 0 aliphatic heterocycles. The number of hydrogen-bond acceptors (Lipinski definition) is 2. The van der Waals surface area contributed by atoms with Crippen LogP contribution in [-0.4, -0.2) is 16.1 Å². The molecule has 0 spiro atoms. The van der Waals surface area contributed by atoms with Crippen molar-refractivity contribution in [2.75, 3.05) is 6.54 Å². The molecular formula is C18H21N3. The van der Waals surface area contributed by atoms with Gasteiger partial charge in [0.25, 0.3) is 0 Å². The third-order valence-electron chi connectivity index (χ3n) is 3.72. The van der Waals surface area contributed by atoms with Crippen molar-refractivity contribution in [2.24, 2.45) is 0 Å². The maximum absolute atomic E-state index is 4.09. The number of hydrogen-bond donors (Lipinski definition) is 1. The summed E-state index contributed by atoms with van der Waals surface area (Å²) in [6.07, 6.45) is 7.14. The molecule has 0 aliphatic carbocycles. The number of benzene rings is 1. The Morgan fingerprint density at radius 3 is 2.71 bits per heavy atom. The maximum atomic E-state index is 4.09. The van der Waals surface area contributed by atoms with Gasteiger partial charge in [-0.1, -0.05) is 25.1 Å². The van der Waals surface area contributed by atoms with Gasteiger partial charge in [-0.25, -0.2) is 0 Å². The summed E-state index contributed by atoms with van der Waals surface area (Å²) in [4.78, 5) is 4.09. The van der Waals surface area contributed by atoms with E-state index in [1.807, 2.05) is 12.4 Å². The highest BCUT2D eigenvalue weighted by Crippen LogP contribution is 2.22. The van der Waals surface area contributed by atoms with Gasteiger partial charge in [0.15, 0.2) is 0 Å². The standard InChI is InChI=1S/C18H21N3/c1-2-9-20-12-16-14-21(13-15-7-10-19-11-8-15)18-6-4-3-5-17(16)18/h3-8,10-11,14,20H,2,9,12-13H2,1H3. The normalized spacial score (nSPS) is 11.1. The van der Waals surface area contributed by atoms with E-state index in [2.05, 4.69) is 64.4 Å². The fourth-order valence-corrected chi connectivity index (χ4v) is 2.68. The second kappa shape index (κ2) is 6.55. The molecule has 0 saturated heterocycles. The molecule has 0 fully saturated rings. The van der Waals surface area contributed by atoms with Crippen molar-refractivity contribution in [3.8, 4) is 0 Å². The Bertz CT molecular complexity index is 701. The minimum absolute atomic E-state index is 0.886. The number of pyridine rings is 1. The Kier molecular flexibility index (Phi) is 4.31. The monoisotopic (exact) mass is 279 g/mol. The van der Waals surface area contributed by atoms with Crippen molar-refractivity contribution < 1.29 is 0 Å². The Balaban J connectivity index is 1.91. The number of rotatable bonds is 6. The maximum Gasteiger partial charge on any atom is 0.0486 e.